The average molecular weight is 237 g/mol. The first-order valence-corrected chi connectivity index (χ1v) is 6.35. The van der Waals surface area contributed by atoms with Gasteiger partial charge >= 0.3 is 0 Å². The second-order valence-corrected chi connectivity index (χ2v) is 4.31. The van der Waals surface area contributed by atoms with E-state index in [4.69, 9.17) is 0 Å². The van der Waals surface area contributed by atoms with Crippen molar-refractivity contribution in [3.63, 3.8) is 0 Å². The van der Waals surface area contributed by atoms with Crippen molar-refractivity contribution in [2.75, 3.05) is 6.54 Å². The Morgan fingerprint density at radius 3 is 2.17 bits per heavy atom. The lowest BCUT2D eigenvalue weighted by Gasteiger charge is -2.15. The first kappa shape index (κ1) is 12.6. The molecule has 0 fully saturated rings. The highest BCUT2D eigenvalue weighted by molar-refractivity contribution is 5.22. The van der Waals surface area contributed by atoms with Gasteiger partial charge in [0.2, 0.25) is 0 Å². The molecular formula is C17H19N. The molecule has 1 atom stereocenters. The van der Waals surface area contributed by atoms with Crippen molar-refractivity contribution in [1.82, 2.24) is 5.32 Å². The topological polar surface area (TPSA) is 12.0 Å². The average Bonchev–Trinajstić information content (AvgIpc) is 2.46. The summed E-state index contributed by atoms with van der Waals surface area (Å²) < 4.78 is 0. The Morgan fingerprint density at radius 1 is 0.944 bits per heavy atom. The van der Waals surface area contributed by atoms with Gasteiger partial charge in [-0.15, -0.1) is 6.58 Å². The van der Waals surface area contributed by atoms with E-state index in [9.17, 15) is 0 Å². The quantitative estimate of drug-likeness (QED) is 0.755. The Kier molecular flexibility index (Phi) is 4.74. The van der Waals surface area contributed by atoms with Gasteiger partial charge in [-0.3, -0.25) is 0 Å². The van der Waals surface area contributed by atoms with Crippen molar-refractivity contribution in [3.8, 4) is 0 Å². The van der Waals surface area contributed by atoms with Crippen molar-refractivity contribution in [3.05, 3.63) is 84.4 Å². The third-order valence-corrected chi connectivity index (χ3v) is 3.02. The van der Waals surface area contributed by atoms with Crippen molar-refractivity contribution in [2.24, 2.45) is 0 Å². The molecule has 0 aromatic heterocycles. The smallest absolute Gasteiger partial charge is 0.0503 e. The van der Waals surface area contributed by atoms with Gasteiger partial charge in [-0.2, -0.15) is 0 Å². The molecule has 0 radical (unpaired) electrons. The fourth-order valence-corrected chi connectivity index (χ4v) is 2.01. The van der Waals surface area contributed by atoms with Gasteiger partial charge in [0.05, 0.1) is 6.04 Å². The predicted molar refractivity (Wildman–Crippen MR) is 77.5 cm³/mol. The molecule has 92 valence electrons. The first-order chi connectivity index (χ1) is 8.90. The molecule has 18 heavy (non-hydrogen) atoms. The zero-order valence-electron chi connectivity index (χ0n) is 10.5. The summed E-state index contributed by atoms with van der Waals surface area (Å²) in [6.07, 6.45) is 3.00. The third kappa shape index (κ3) is 3.57. The molecule has 0 amide bonds. The van der Waals surface area contributed by atoms with Crippen LogP contribution in [0.15, 0.2) is 73.3 Å². The maximum atomic E-state index is 3.90. The second kappa shape index (κ2) is 6.77. The van der Waals surface area contributed by atoms with Gasteiger partial charge in [0.1, 0.15) is 0 Å². The summed E-state index contributed by atoms with van der Waals surface area (Å²) in [7, 11) is 0. The molecule has 0 aliphatic carbocycles. The van der Waals surface area contributed by atoms with Crippen LogP contribution in [0.1, 0.15) is 17.2 Å². The highest BCUT2D eigenvalue weighted by Gasteiger charge is 2.04. The molecule has 2 rings (SSSR count). The zero-order chi connectivity index (χ0) is 12.6. The molecule has 1 N–H and O–H groups in total. The fraction of sp³-hybridized carbons (Fsp3) is 0.176. The fourth-order valence-electron chi connectivity index (χ4n) is 2.01. The SMILES string of the molecule is C=CC(NCCc1ccccc1)c1ccccc1. The van der Waals surface area contributed by atoms with E-state index in [0.29, 0.717) is 0 Å². The summed E-state index contributed by atoms with van der Waals surface area (Å²) in [5.41, 5.74) is 2.63. The molecule has 0 aliphatic rings. The van der Waals surface area contributed by atoms with Gasteiger partial charge < -0.3 is 5.32 Å². The Balaban J connectivity index is 1.87. The van der Waals surface area contributed by atoms with Crippen LogP contribution in [0.2, 0.25) is 0 Å². The summed E-state index contributed by atoms with van der Waals surface area (Å²) in [6, 6.07) is 21.2. The van der Waals surface area contributed by atoms with Gasteiger partial charge in [-0.05, 0) is 17.5 Å². The van der Waals surface area contributed by atoms with Gasteiger partial charge in [-0.25, -0.2) is 0 Å². The summed E-state index contributed by atoms with van der Waals surface area (Å²) in [5.74, 6) is 0. The number of rotatable bonds is 6. The monoisotopic (exact) mass is 237 g/mol. The number of hydrogen-bond donors (Lipinski definition) is 1. The lowest BCUT2D eigenvalue weighted by atomic mass is 10.1. The normalized spacial score (nSPS) is 12.0. The summed E-state index contributed by atoms with van der Waals surface area (Å²) in [6.45, 7) is 4.85. The summed E-state index contributed by atoms with van der Waals surface area (Å²) in [4.78, 5) is 0. The Morgan fingerprint density at radius 2 is 1.56 bits per heavy atom. The molecule has 0 saturated heterocycles. The Labute approximate surface area is 109 Å². The van der Waals surface area contributed by atoms with Crippen molar-refractivity contribution >= 4 is 0 Å². The molecule has 0 aliphatic heterocycles. The molecule has 0 bridgehead atoms. The van der Waals surface area contributed by atoms with E-state index in [1.54, 1.807) is 0 Å². The van der Waals surface area contributed by atoms with E-state index in [0.717, 1.165) is 13.0 Å². The molecule has 1 unspecified atom stereocenters. The van der Waals surface area contributed by atoms with Gasteiger partial charge in [0.15, 0.2) is 0 Å². The van der Waals surface area contributed by atoms with Crippen LogP contribution in [0.3, 0.4) is 0 Å². The van der Waals surface area contributed by atoms with E-state index in [1.807, 2.05) is 18.2 Å². The predicted octanol–water partition coefficient (Wildman–Crippen LogP) is 3.75. The van der Waals surface area contributed by atoms with Gasteiger partial charge in [0, 0.05) is 6.54 Å². The lowest BCUT2D eigenvalue weighted by molar-refractivity contribution is 0.621. The van der Waals surface area contributed by atoms with Crippen LogP contribution in [-0.4, -0.2) is 6.54 Å². The van der Waals surface area contributed by atoms with Crippen molar-refractivity contribution in [2.45, 2.75) is 12.5 Å². The third-order valence-electron chi connectivity index (χ3n) is 3.02. The lowest BCUT2D eigenvalue weighted by Crippen LogP contribution is -2.22. The Bertz CT molecular complexity index is 461. The zero-order valence-corrected chi connectivity index (χ0v) is 10.5. The van der Waals surface area contributed by atoms with Crippen molar-refractivity contribution < 1.29 is 0 Å². The minimum Gasteiger partial charge on any atom is -0.306 e. The van der Waals surface area contributed by atoms with Crippen LogP contribution in [0, 0.1) is 0 Å². The minimum atomic E-state index is 0.231. The number of benzene rings is 2. The molecule has 2 aromatic rings. The van der Waals surface area contributed by atoms with Crippen LogP contribution < -0.4 is 5.32 Å². The first-order valence-electron chi connectivity index (χ1n) is 6.35. The Hall–Kier alpha value is -1.86. The molecular weight excluding hydrogens is 218 g/mol. The van der Waals surface area contributed by atoms with E-state index in [2.05, 4.69) is 60.4 Å². The maximum absolute atomic E-state index is 3.90. The highest BCUT2D eigenvalue weighted by atomic mass is 14.9. The molecule has 2 aromatic carbocycles. The van der Waals surface area contributed by atoms with Gasteiger partial charge in [0.25, 0.3) is 0 Å². The highest BCUT2D eigenvalue weighted by Crippen LogP contribution is 2.13. The largest absolute Gasteiger partial charge is 0.306 e. The molecule has 1 heteroatoms. The molecule has 0 spiro atoms. The van der Waals surface area contributed by atoms with Crippen LogP contribution in [-0.2, 0) is 6.42 Å². The maximum Gasteiger partial charge on any atom is 0.0503 e. The van der Waals surface area contributed by atoms with E-state index >= 15 is 0 Å². The van der Waals surface area contributed by atoms with Crippen LogP contribution in [0.4, 0.5) is 0 Å². The van der Waals surface area contributed by atoms with Crippen LogP contribution in [0.25, 0.3) is 0 Å². The minimum absolute atomic E-state index is 0.231. The van der Waals surface area contributed by atoms with Crippen LogP contribution in [0.5, 0.6) is 0 Å². The van der Waals surface area contributed by atoms with Gasteiger partial charge in [-0.1, -0.05) is 66.7 Å². The summed E-state index contributed by atoms with van der Waals surface area (Å²) in [5, 5.41) is 3.52. The van der Waals surface area contributed by atoms with E-state index in [-0.39, 0.29) is 6.04 Å². The molecule has 1 nitrogen and oxygen atoms in total. The molecule has 0 heterocycles. The van der Waals surface area contributed by atoms with E-state index < -0.39 is 0 Å². The second-order valence-electron chi connectivity index (χ2n) is 4.31. The van der Waals surface area contributed by atoms with E-state index in [1.165, 1.54) is 11.1 Å². The van der Waals surface area contributed by atoms with Crippen LogP contribution >= 0.6 is 0 Å². The van der Waals surface area contributed by atoms with Crippen molar-refractivity contribution in [1.29, 1.82) is 0 Å². The summed E-state index contributed by atoms with van der Waals surface area (Å²) >= 11 is 0. The molecule has 0 saturated carbocycles. The standard InChI is InChI=1S/C17H19N/c1-2-17(16-11-7-4-8-12-16)18-14-13-15-9-5-3-6-10-15/h2-12,17-18H,1,13-14H2. The number of hydrogen-bond acceptors (Lipinski definition) is 1. The number of nitrogens with one attached hydrogen (secondary N) is 1.